The molecule has 0 fully saturated rings. The van der Waals surface area contributed by atoms with Gasteiger partial charge in [-0.15, -0.1) is 0 Å². The second-order valence-corrected chi connectivity index (χ2v) is 3.37. The van der Waals surface area contributed by atoms with Crippen LogP contribution in [0, 0.1) is 5.92 Å². The number of aliphatic hydroxyl groups is 1. The summed E-state index contributed by atoms with van der Waals surface area (Å²) in [5.41, 5.74) is 0.847. The Bertz CT molecular complexity index is 299. The first-order chi connectivity index (χ1) is 6.70. The SMILES string of the molecule is CCOc1cccc([C](C)CO)c1Cl. The summed E-state index contributed by atoms with van der Waals surface area (Å²) in [6.07, 6.45) is 0. The summed E-state index contributed by atoms with van der Waals surface area (Å²) in [5, 5.41) is 9.57. The average molecular weight is 214 g/mol. The molecule has 0 aromatic heterocycles. The van der Waals surface area contributed by atoms with Gasteiger partial charge in [-0.05, 0) is 18.6 Å². The van der Waals surface area contributed by atoms with E-state index in [9.17, 15) is 0 Å². The van der Waals surface area contributed by atoms with Gasteiger partial charge in [-0.2, -0.15) is 0 Å². The third kappa shape index (κ3) is 2.40. The van der Waals surface area contributed by atoms with Crippen LogP contribution >= 0.6 is 11.6 Å². The Morgan fingerprint density at radius 2 is 2.21 bits per heavy atom. The monoisotopic (exact) mass is 213 g/mol. The normalized spacial score (nSPS) is 10.6. The molecule has 1 aromatic rings. The largest absolute Gasteiger partial charge is 0.492 e. The minimum absolute atomic E-state index is 0.00922. The topological polar surface area (TPSA) is 29.5 Å². The number of aliphatic hydroxyl groups excluding tert-OH is 1. The van der Waals surface area contributed by atoms with Gasteiger partial charge in [0.05, 0.1) is 18.2 Å². The van der Waals surface area contributed by atoms with Crippen molar-refractivity contribution in [1.29, 1.82) is 0 Å². The van der Waals surface area contributed by atoms with Crippen LogP contribution in [-0.4, -0.2) is 18.3 Å². The summed E-state index contributed by atoms with van der Waals surface area (Å²) in [7, 11) is 0. The summed E-state index contributed by atoms with van der Waals surface area (Å²) < 4.78 is 5.35. The van der Waals surface area contributed by atoms with E-state index in [1.54, 1.807) is 0 Å². The Hall–Kier alpha value is -0.730. The van der Waals surface area contributed by atoms with E-state index in [4.69, 9.17) is 21.4 Å². The highest BCUT2D eigenvalue weighted by molar-refractivity contribution is 6.33. The number of halogens is 1. The standard InChI is InChI=1S/C11H14ClO2/c1-3-14-10-6-4-5-9(11(10)12)8(2)7-13/h4-6,13H,3,7H2,1-2H3. The first kappa shape index (κ1) is 11.3. The molecule has 0 amide bonds. The summed E-state index contributed by atoms with van der Waals surface area (Å²) in [5.74, 6) is 1.51. The minimum atomic E-state index is 0.00922. The summed E-state index contributed by atoms with van der Waals surface area (Å²) >= 11 is 6.10. The Morgan fingerprint density at radius 1 is 1.50 bits per heavy atom. The van der Waals surface area contributed by atoms with Gasteiger partial charge < -0.3 is 9.84 Å². The van der Waals surface area contributed by atoms with Gasteiger partial charge in [0.1, 0.15) is 5.75 Å². The van der Waals surface area contributed by atoms with Gasteiger partial charge in [0.25, 0.3) is 0 Å². The lowest BCUT2D eigenvalue weighted by atomic mass is 10.0. The smallest absolute Gasteiger partial charge is 0.138 e. The molecule has 1 aromatic carbocycles. The first-order valence-corrected chi connectivity index (χ1v) is 4.93. The van der Waals surface area contributed by atoms with Gasteiger partial charge in [0, 0.05) is 5.92 Å². The highest BCUT2D eigenvalue weighted by Gasteiger charge is 2.12. The predicted molar refractivity (Wildman–Crippen MR) is 57.7 cm³/mol. The third-order valence-corrected chi connectivity index (χ3v) is 2.35. The molecule has 0 aliphatic carbocycles. The minimum Gasteiger partial charge on any atom is -0.492 e. The lowest BCUT2D eigenvalue weighted by Gasteiger charge is -2.13. The van der Waals surface area contributed by atoms with Crippen LogP contribution in [-0.2, 0) is 0 Å². The molecular weight excluding hydrogens is 200 g/mol. The second-order valence-electron chi connectivity index (χ2n) is 2.99. The van der Waals surface area contributed by atoms with Crippen LogP contribution in [0.2, 0.25) is 5.02 Å². The molecule has 0 saturated carbocycles. The van der Waals surface area contributed by atoms with Crippen molar-refractivity contribution in [1.82, 2.24) is 0 Å². The molecular formula is C11H14ClO2. The number of hydrogen-bond acceptors (Lipinski definition) is 2. The number of hydrogen-bond donors (Lipinski definition) is 1. The zero-order valence-corrected chi connectivity index (χ0v) is 9.14. The molecule has 0 atom stereocenters. The van der Waals surface area contributed by atoms with Gasteiger partial charge in [-0.25, -0.2) is 0 Å². The highest BCUT2D eigenvalue weighted by atomic mass is 35.5. The van der Waals surface area contributed by atoms with E-state index in [2.05, 4.69) is 0 Å². The zero-order chi connectivity index (χ0) is 10.6. The maximum absolute atomic E-state index is 9.00. The van der Waals surface area contributed by atoms with Crippen molar-refractivity contribution in [3.8, 4) is 5.75 Å². The van der Waals surface area contributed by atoms with Crippen molar-refractivity contribution in [3.63, 3.8) is 0 Å². The molecule has 0 unspecified atom stereocenters. The zero-order valence-electron chi connectivity index (χ0n) is 8.38. The van der Waals surface area contributed by atoms with Crippen LogP contribution in [0.15, 0.2) is 18.2 Å². The quantitative estimate of drug-likeness (QED) is 0.834. The van der Waals surface area contributed by atoms with Crippen molar-refractivity contribution in [2.45, 2.75) is 13.8 Å². The van der Waals surface area contributed by atoms with Gasteiger partial charge in [-0.1, -0.05) is 30.7 Å². The molecule has 0 bridgehead atoms. The molecule has 0 heterocycles. The maximum atomic E-state index is 9.00. The Labute approximate surface area is 89.5 Å². The van der Waals surface area contributed by atoms with E-state index in [1.807, 2.05) is 32.0 Å². The number of ether oxygens (including phenoxy) is 1. The van der Waals surface area contributed by atoms with Crippen molar-refractivity contribution >= 4 is 11.6 Å². The number of benzene rings is 1. The molecule has 1 N–H and O–H groups in total. The van der Waals surface area contributed by atoms with E-state index in [0.29, 0.717) is 17.4 Å². The van der Waals surface area contributed by atoms with Gasteiger partial charge >= 0.3 is 0 Å². The molecule has 0 saturated heterocycles. The van der Waals surface area contributed by atoms with Crippen LogP contribution in [0.4, 0.5) is 0 Å². The fourth-order valence-corrected chi connectivity index (χ4v) is 1.53. The lowest BCUT2D eigenvalue weighted by Crippen LogP contribution is -2.02. The van der Waals surface area contributed by atoms with Crippen LogP contribution in [0.5, 0.6) is 5.75 Å². The molecule has 1 radical (unpaired) electrons. The van der Waals surface area contributed by atoms with Crippen molar-refractivity contribution < 1.29 is 9.84 Å². The number of rotatable bonds is 4. The van der Waals surface area contributed by atoms with Crippen LogP contribution in [0.25, 0.3) is 0 Å². The van der Waals surface area contributed by atoms with E-state index in [0.717, 1.165) is 11.5 Å². The van der Waals surface area contributed by atoms with Crippen LogP contribution in [0.3, 0.4) is 0 Å². The fourth-order valence-electron chi connectivity index (χ4n) is 1.19. The third-order valence-electron chi connectivity index (χ3n) is 1.96. The molecule has 77 valence electrons. The lowest BCUT2D eigenvalue weighted by molar-refractivity contribution is 0.314. The molecule has 0 aliphatic rings. The molecule has 14 heavy (non-hydrogen) atoms. The maximum Gasteiger partial charge on any atom is 0.138 e. The van der Waals surface area contributed by atoms with E-state index in [1.165, 1.54) is 0 Å². The Morgan fingerprint density at radius 3 is 2.79 bits per heavy atom. The highest BCUT2D eigenvalue weighted by Crippen LogP contribution is 2.32. The van der Waals surface area contributed by atoms with E-state index < -0.39 is 0 Å². The van der Waals surface area contributed by atoms with E-state index in [-0.39, 0.29) is 6.61 Å². The molecule has 1 rings (SSSR count). The molecule has 0 spiro atoms. The van der Waals surface area contributed by atoms with Gasteiger partial charge in [0.2, 0.25) is 0 Å². The predicted octanol–water partition coefficient (Wildman–Crippen LogP) is 2.67. The first-order valence-electron chi connectivity index (χ1n) is 4.55. The molecule has 0 aliphatic heterocycles. The van der Waals surface area contributed by atoms with Crippen molar-refractivity contribution in [3.05, 3.63) is 34.7 Å². The summed E-state index contributed by atoms with van der Waals surface area (Å²) in [6.45, 7) is 4.35. The summed E-state index contributed by atoms with van der Waals surface area (Å²) in [4.78, 5) is 0. The van der Waals surface area contributed by atoms with Crippen LogP contribution < -0.4 is 4.74 Å². The second kappa shape index (κ2) is 5.23. The van der Waals surface area contributed by atoms with Crippen LogP contribution in [0.1, 0.15) is 19.4 Å². The Balaban J connectivity index is 3.00. The molecule has 2 nitrogen and oxygen atoms in total. The van der Waals surface area contributed by atoms with Gasteiger partial charge in [0.15, 0.2) is 0 Å². The average Bonchev–Trinajstić information content (AvgIpc) is 2.20. The van der Waals surface area contributed by atoms with Gasteiger partial charge in [-0.3, -0.25) is 0 Å². The summed E-state index contributed by atoms with van der Waals surface area (Å²) in [6, 6.07) is 5.56. The van der Waals surface area contributed by atoms with Crippen molar-refractivity contribution in [2.75, 3.05) is 13.2 Å². The fraction of sp³-hybridized carbons (Fsp3) is 0.364. The molecule has 3 heteroatoms. The van der Waals surface area contributed by atoms with E-state index >= 15 is 0 Å². The van der Waals surface area contributed by atoms with Crippen molar-refractivity contribution in [2.24, 2.45) is 0 Å². The Kier molecular flexibility index (Phi) is 4.23.